The fourth-order valence-corrected chi connectivity index (χ4v) is 2.25. The Hall–Kier alpha value is -0.920. The molecule has 3 N–H and O–H groups in total. The molecule has 0 bridgehead atoms. The number of nitrogens with zero attached hydrogens (tertiary/aromatic N) is 1. The smallest absolute Gasteiger partial charge is 0.243 e. The maximum atomic E-state index is 11.6. The number of hydrogen-bond acceptors (Lipinski definition) is 4. The van der Waals surface area contributed by atoms with Crippen molar-refractivity contribution in [2.45, 2.75) is 30.6 Å². The fraction of sp³-hybridized carbons (Fsp3) is 0.667. The van der Waals surface area contributed by atoms with E-state index in [0.29, 0.717) is 6.54 Å². The molecule has 1 heterocycles. The van der Waals surface area contributed by atoms with Gasteiger partial charge in [-0.25, -0.2) is 13.1 Å². The average molecular weight is 247 g/mol. The van der Waals surface area contributed by atoms with Gasteiger partial charge in [-0.1, -0.05) is 12.8 Å². The molecular weight excluding hydrogens is 230 g/mol. The van der Waals surface area contributed by atoms with E-state index < -0.39 is 10.0 Å². The summed E-state index contributed by atoms with van der Waals surface area (Å²) in [5, 5.41) is 14.6. The SMILES string of the molecule is O=S(=O)(NCCCCCCO)c1cn[nH]c1. The standard InChI is InChI=1S/C9H17N3O3S/c13-6-4-2-1-3-5-12-16(14,15)9-7-10-11-8-9/h7-8,12-13H,1-6H2,(H,10,11). The Morgan fingerprint density at radius 1 is 1.31 bits per heavy atom. The predicted molar refractivity (Wildman–Crippen MR) is 59.3 cm³/mol. The first-order valence-corrected chi connectivity index (χ1v) is 6.74. The first kappa shape index (κ1) is 13.1. The van der Waals surface area contributed by atoms with E-state index in [1.165, 1.54) is 12.4 Å². The number of aliphatic hydroxyl groups is 1. The summed E-state index contributed by atoms with van der Waals surface area (Å²) < 4.78 is 25.6. The first-order valence-electron chi connectivity index (χ1n) is 5.26. The van der Waals surface area contributed by atoms with Crippen LogP contribution in [0.25, 0.3) is 0 Å². The monoisotopic (exact) mass is 247 g/mol. The number of rotatable bonds is 8. The van der Waals surface area contributed by atoms with Crippen LogP contribution in [0.1, 0.15) is 25.7 Å². The van der Waals surface area contributed by atoms with Gasteiger partial charge in [-0.2, -0.15) is 5.10 Å². The molecule has 0 fully saturated rings. The molecule has 0 radical (unpaired) electrons. The summed E-state index contributed by atoms with van der Waals surface area (Å²) in [5.74, 6) is 0. The van der Waals surface area contributed by atoms with E-state index in [1.54, 1.807) is 0 Å². The van der Waals surface area contributed by atoms with Gasteiger partial charge in [0.15, 0.2) is 0 Å². The lowest BCUT2D eigenvalue weighted by molar-refractivity contribution is 0.282. The normalized spacial score (nSPS) is 11.8. The minimum atomic E-state index is -3.40. The van der Waals surface area contributed by atoms with E-state index in [0.717, 1.165) is 25.7 Å². The number of hydrogen-bond donors (Lipinski definition) is 3. The molecule has 0 aromatic carbocycles. The Morgan fingerprint density at radius 3 is 2.69 bits per heavy atom. The van der Waals surface area contributed by atoms with Gasteiger partial charge in [0.05, 0.1) is 6.20 Å². The van der Waals surface area contributed by atoms with Crippen LogP contribution in [0.4, 0.5) is 0 Å². The molecule has 7 heteroatoms. The topological polar surface area (TPSA) is 95.1 Å². The summed E-state index contributed by atoms with van der Waals surface area (Å²) in [4.78, 5) is 0.155. The molecule has 0 aliphatic rings. The van der Waals surface area contributed by atoms with Crippen molar-refractivity contribution in [3.8, 4) is 0 Å². The van der Waals surface area contributed by atoms with Gasteiger partial charge in [-0.15, -0.1) is 0 Å². The van der Waals surface area contributed by atoms with Crippen LogP contribution in [-0.2, 0) is 10.0 Å². The van der Waals surface area contributed by atoms with E-state index in [-0.39, 0.29) is 11.5 Å². The largest absolute Gasteiger partial charge is 0.396 e. The van der Waals surface area contributed by atoms with Crippen molar-refractivity contribution in [3.05, 3.63) is 12.4 Å². The third-order valence-electron chi connectivity index (χ3n) is 2.16. The van der Waals surface area contributed by atoms with Crippen LogP contribution in [0.3, 0.4) is 0 Å². The van der Waals surface area contributed by atoms with Crippen LogP contribution >= 0.6 is 0 Å². The molecule has 0 saturated carbocycles. The first-order chi connectivity index (χ1) is 7.67. The average Bonchev–Trinajstić information content (AvgIpc) is 2.77. The van der Waals surface area contributed by atoms with E-state index in [9.17, 15) is 8.42 Å². The van der Waals surface area contributed by atoms with Gasteiger partial charge < -0.3 is 5.11 Å². The zero-order chi connectivity index (χ0) is 11.9. The lowest BCUT2D eigenvalue weighted by Gasteiger charge is -2.03. The Labute approximate surface area is 95.1 Å². The van der Waals surface area contributed by atoms with Crippen molar-refractivity contribution < 1.29 is 13.5 Å². The number of aromatic nitrogens is 2. The van der Waals surface area contributed by atoms with Crippen LogP contribution in [0, 0.1) is 0 Å². The van der Waals surface area contributed by atoms with Gasteiger partial charge in [-0.3, -0.25) is 5.10 Å². The zero-order valence-electron chi connectivity index (χ0n) is 9.02. The van der Waals surface area contributed by atoms with Crippen molar-refractivity contribution in [3.63, 3.8) is 0 Å². The molecule has 1 aromatic rings. The highest BCUT2D eigenvalue weighted by atomic mass is 32.2. The number of sulfonamides is 1. The molecule has 0 atom stereocenters. The zero-order valence-corrected chi connectivity index (χ0v) is 9.83. The Kier molecular flexibility index (Phi) is 5.44. The quantitative estimate of drug-likeness (QED) is 0.573. The number of unbranched alkanes of at least 4 members (excludes halogenated alkanes) is 3. The minimum absolute atomic E-state index is 0.155. The van der Waals surface area contributed by atoms with Crippen molar-refractivity contribution in [1.29, 1.82) is 0 Å². The number of aromatic amines is 1. The Bertz CT molecular complexity index is 375. The van der Waals surface area contributed by atoms with E-state index >= 15 is 0 Å². The van der Waals surface area contributed by atoms with Gasteiger partial charge >= 0.3 is 0 Å². The highest BCUT2D eigenvalue weighted by Gasteiger charge is 2.13. The minimum Gasteiger partial charge on any atom is -0.396 e. The van der Waals surface area contributed by atoms with E-state index in [4.69, 9.17) is 5.11 Å². The Balaban J connectivity index is 2.22. The summed E-state index contributed by atoms with van der Waals surface area (Å²) in [5.41, 5.74) is 0. The molecule has 1 rings (SSSR count). The van der Waals surface area contributed by atoms with Gasteiger partial charge in [0.25, 0.3) is 0 Å². The second-order valence-electron chi connectivity index (χ2n) is 3.47. The van der Waals surface area contributed by atoms with Crippen molar-refractivity contribution in [2.75, 3.05) is 13.2 Å². The van der Waals surface area contributed by atoms with Gasteiger partial charge in [0.1, 0.15) is 4.90 Å². The van der Waals surface area contributed by atoms with Crippen molar-refractivity contribution in [2.24, 2.45) is 0 Å². The molecule has 0 unspecified atom stereocenters. The summed E-state index contributed by atoms with van der Waals surface area (Å²) in [6, 6.07) is 0. The fourth-order valence-electron chi connectivity index (χ4n) is 1.27. The van der Waals surface area contributed by atoms with Gasteiger partial charge in [0.2, 0.25) is 10.0 Å². The summed E-state index contributed by atoms with van der Waals surface area (Å²) in [6.07, 6.45) is 5.99. The predicted octanol–water partition coefficient (Wildman–Crippen LogP) is 0.241. The highest BCUT2D eigenvalue weighted by Crippen LogP contribution is 2.05. The van der Waals surface area contributed by atoms with Gasteiger partial charge in [-0.05, 0) is 12.8 Å². The van der Waals surface area contributed by atoms with Crippen molar-refractivity contribution in [1.82, 2.24) is 14.9 Å². The summed E-state index contributed by atoms with van der Waals surface area (Å²) in [6.45, 7) is 0.611. The lowest BCUT2D eigenvalue weighted by Crippen LogP contribution is -2.24. The molecule has 92 valence electrons. The molecule has 0 saturated heterocycles. The molecule has 0 aliphatic carbocycles. The molecule has 0 aliphatic heterocycles. The molecule has 0 spiro atoms. The maximum Gasteiger partial charge on any atom is 0.243 e. The third kappa shape index (κ3) is 4.30. The summed E-state index contributed by atoms with van der Waals surface area (Å²) >= 11 is 0. The lowest BCUT2D eigenvalue weighted by atomic mass is 10.2. The molecule has 1 aromatic heterocycles. The number of H-pyrrole nitrogens is 1. The Morgan fingerprint density at radius 2 is 2.06 bits per heavy atom. The van der Waals surface area contributed by atoms with E-state index in [1.807, 2.05) is 0 Å². The van der Waals surface area contributed by atoms with Crippen molar-refractivity contribution >= 4 is 10.0 Å². The number of nitrogens with one attached hydrogen (secondary N) is 2. The molecule has 16 heavy (non-hydrogen) atoms. The third-order valence-corrected chi connectivity index (χ3v) is 3.59. The van der Waals surface area contributed by atoms with Crippen LogP contribution < -0.4 is 4.72 Å². The second-order valence-corrected chi connectivity index (χ2v) is 5.24. The van der Waals surface area contributed by atoms with E-state index in [2.05, 4.69) is 14.9 Å². The van der Waals surface area contributed by atoms with Crippen LogP contribution in [0.5, 0.6) is 0 Å². The van der Waals surface area contributed by atoms with Gasteiger partial charge in [0, 0.05) is 19.3 Å². The summed E-state index contributed by atoms with van der Waals surface area (Å²) in [7, 11) is -3.40. The molecular formula is C9H17N3O3S. The van der Waals surface area contributed by atoms with Crippen LogP contribution in [0.15, 0.2) is 17.3 Å². The maximum absolute atomic E-state index is 11.6. The van der Waals surface area contributed by atoms with Crippen LogP contribution in [-0.4, -0.2) is 36.9 Å². The molecule has 6 nitrogen and oxygen atoms in total. The van der Waals surface area contributed by atoms with Crippen LogP contribution in [0.2, 0.25) is 0 Å². The number of aliphatic hydroxyl groups excluding tert-OH is 1. The molecule has 0 amide bonds. The second kappa shape index (κ2) is 6.62. The highest BCUT2D eigenvalue weighted by molar-refractivity contribution is 7.89.